The molecule has 108 valence electrons. The molecule has 0 aliphatic carbocycles. The first-order valence-corrected chi connectivity index (χ1v) is 7.23. The van der Waals surface area contributed by atoms with Crippen LogP contribution in [0.2, 0.25) is 5.02 Å². The summed E-state index contributed by atoms with van der Waals surface area (Å²) in [5.41, 5.74) is 0. The van der Waals surface area contributed by atoms with Crippen molar-refractivity contribution in [2.45, 2.75) is 31.8 Å². The molecule has 1 aliphatic heterocycles. The first kappa shape index (κ1) is 14.9. The summed E-state index contributed by atoms with van der Waals surface area (Å²) in [5.74, 6) is 0.797. The number of rotatable bonds is 5. The van der Waals surface area contributed by atoms with Crippen LogP contribution in [0.4, 0.5) is 0 Å². The van der Waals surface area contributed by atoms with Gasteiger partial charge in [-0.25, -0.2) is 0 Å². The fourth-order valence-electron chi connectivity index (χ4n) is 2.28. The highest BCUT2D eigenvalue weighted by Crippen LogP contribution is 2.25. The molecule has 0 spiro atoms. The lowest BCUT2D eigenvalue weighted by Crippen LogP contribution is -2.44. The first-order chi connectivity index (χ1) is 9.70. The van der Waals surface area contributed by atoms with Gasteiger partial charge in [0.15, 0.2) is 0 Å². The van der Waals surface area contributed by atoms with Crippen molar-refractivity contribution < 1.29 is 9.53 Å². The van der Waals surface area contributed by atoms with Crippen LogP contribution in [0.3, 0.4) is 0 Å². The molecule has 1 aromatic rings. The number of hydrogen-bond acceptors (Lipinski definition) is 3. The summed E-state index contributed by atoms with van der Waals surface area (Å²) in [6.45, 7) is 5.07. The minimum Gasteiger partial charge on any atom is -0.487 e. The summed E-state index contributed by atoms with van der Waals surface area (Å²) < 4.78 is 5.88. The minimum atomic E-state index is -0.00340. The second-order valence-corrected chi connectivity index (χ2v) is 5.26. The van der Waals surface area contributed by atoms with Crippen LogP contribution >= 0.6 is 11.6 Å². The van der Waals surface area contributed by atoms with Crippen LogP contribution in [0, 0.1) is 0 Å². The molecule has 0 aromatic carbocycles. The number of amides is 1. The van der Waals surface area contributed by atoms with E-state index >= 15 is 0 Å². The number of allylic oxidation sites excluding steroid dienone is 1. The Morgan fingerprint density at radius 3 is 3.25 bits per heavy atom. The van der Waals surface area contributed by atoms with Gasteiger partial charge in [0.1, 0.15) is 16.9 Å². The second-order valence-electron chi connectivity index (χ2n) is 4.86. The highest BCUT2D eigenvalue weighted by atomic mass is 35.5. The molecule has 0 saturated carbocycles. The Labute approximate surface area is 124 Å². The molecular weight excluding hydrogens is 276 g/mol. The van der Waals surface area contributed by atoms with E-state index in [2.05, 4.69) is 11.6 Å². The summed E-state index contributed by atoms with van der Waals surface area (Å²) in [4.78, 5) is 17.8. The quantitative estimate of drug-likeness (QED) is 0.784. The highest BCUT2D eigenvalue weighted by Gasteiger charge is 2.24. The second kappa shape index (κ2) is 7.29. The van der Waals surface area contributed by atoms with Gasteiger partial charge in [0.05, 0.1) is 6.54 Å². The lowest BCUT2D eigenvalue weighted by Gasteiger charge is -2.33. The van der Waals surface area contributed by atoms with Crippen molar-refractivity contribution in [2.75, 3.05) is 13.1 Å². The molecule has 5 heteroatoms. The average Bonchev–Trinajstić information content (AvgIpc) is 2.47. The van der Waals surface area contributed by atoms with E-state index in [0.29, 0.717) is 23.7 Å². The minimum absolute atomic E-state index is 0.00340. The van der Waals surface area contributed by atoms with E-state index in [1.54, 1.807) is 24.5 Å². The van der Waals surface area contributed by atoms with Crippen molar-refractivity contribution in [1.29, 1.82) is 0 Å². The molecule has 1 saturated heterocycles. The van der Waals surface area contributed by atoms with Crippen molar-refractivity contribution in [2.24, 2.45) is 0 Å². The lowest BCUT2D eigenvalue weighted by atomic mass is 10.1. The number of ether oxygens (including phenoxy) is 1. The smallest absolute Gasteiger partial charge is 0.223 e. The van der Waals surface area contributed by atoms with E-state index in [0.717, 1.165) is 25.8 Å². The number of piperidine rings is 1. The largest absolute Gasteiger partial charge is 0.487 e. The molecule has 2 rings (SSSR count). The number of halogens is 1. The molecule has 0 bridgehead atoms. The molecule has 0 N–H and O–H groups in total. The number of hydrogen-bond donors (Lipinski definition) is 0. The standard InChI is InChI=1S/C15H19ClN2O2/c1-2-3-6-15(19)18-9-4-5-12(11-18)20-14-7-8-17-10-13(14)16/h2,7-8,10,12H,1,3-6,9,11H2. The molecule has 0 radical (unpaired) electrons. The summed E-state index contributed by atoms with van der Waals surface area (Å²) in [6.07, 6.45) is 8.10. The predicted molar refractivity (Wildman–Crippen MR) is 78.9 cm³/mol. The number of likely N-dealkylation sites (tertiary alicyclic amines) is 1. The van der Waals surface area contributed by atoms with E-state index in [4.69, 9.17) is 16.3 Å². The molecule has 1 atom stereocenters. The van der Waals surface area contributed by atoms with E-state index in [1.807, 2.05) is 4.90 Å². The van der Waals surface area contributed by atoms with Crippen LogP contribution in [0.25, 0.3) is 0 Å². The Morgan fingerprint density at radius 1 is 1.65 bits per heavy atom. The first-order valence-electron chi connectivity index (χ1n) is 6.85. The number of aromatic nitrogens is 1. The Morgan fingerprint density at radius 2 is 2.50 bits per heavy atom. The average molecular weight is 295 g/mol. The zero-order valence-electron chi connectivity index (χ0n) is 11.4. The van der Waals surface area contributed by atoms with Crippen molar-refractivity contribution in [3.8, 4) is 5.75 Å². The maximum Gasteiger partial charge on any atom is 0.223 e. The summed E-state index contributed by atoms with van der Waals surface area (Å²) >= 11 is 6.03. The molecule has 1 aromatic heterocycles. The van der Waals surface area contributed by atoms with Crippen LogP contribution in [0.1, 0.15) is 25.7 Å². The third-order valence-electron chi connectivity index (χ3n) is 3.32. The van der Waals surface area contributed by atoms with Crippen LogP contribution in [-0.4, -0.2) is 35.0 Å². The van der Waals surface area contributed by atoms with E-state index in [1.165, 1.54) is 0 Å². The molecular formula is C15H19ClN2O2. The van der Waals surface area contributed by atoms with Gasteiger partial charge in [-0.2, -0.15) is 0 Å². The Hall–Kier alpha value is -1.55. The van der Waals surface area contributed by atoms with Gasteiger partial charge in [-0.3, -0.25) is 9.78 Å². The van der Waals surface area contributed by atoms with Crippen LogP contribution in [0.5, 0.6) is 5.75 Å². The van der Waals surface area contributed by atoms with Crippen molar-refractivity contribution in [1.82, 2.24) is 9.88 Å². The zero-order valence-corrected chi connectivity index (χ0v) is 12.2. The Kier molecular flexibility index (Phi) is 5.41. The zero-order chi connectivity index (χ0) is 14.4. The van der Waals surface area contributed by atoms with Crippen molar-refractivity contribution in [3.05, 3.63) is 36.1 Å². The summed E-state index contributed by atoms with van der Waals surface area (Å²) in [7, 11) is 0. The number of carbonyl (C=O) groups is 1. The van der Waals surface area contributed by atoms with Gasteiger partial charge in [-0.05, 0) is 19.3 Å². The molecule has 1 unspecified atom stereocenters. The van der Waals surface area contributed by atoms with Gasteiger partial charge >= 0.3 is 0 Å². The monoisotopic (exact) mass is 294 g/mol. The molecule has 20 heavy (non-hydrogen) atoms. The molecule has 4 nitrogen and oxygen atoms in total. The topological polar surface area (TPSA) is 42.4 Å². The van der Waals surface area contributed by atoms with Gasteiger partial charge in [-0.15, -0.1) is 6.58 Å². The third-order valence-corrected chi connectivity index (χ3v) is 3.61. The van der Waals surface area contributed by atoms with Gasteiger partial charge in [0.2, 0.25) is 5.91 Å². The van der Waals surface area contributed by atoms with E-state index in [-0.39, 0.29) is 12.0 Å². The summed E-state index contributed by atoms with van der Waals surface area (Å²) in [5, 5.41) is 0.502. The maximum absolute atomic E-state index is 12.0. The van der Waals surface area contributed by atoms with Gasteiger partial charge in [0.25, 0.3) is 0 Å². The van der Waals surface area contributed by atoms with E-state index < -0.39 is 0 Å². The fourth-order valence-corrected chi connectivity index (χ4v) is 2.45. The Bertz CT molecular complexity index is 479. The number of nitrogens with zero attached hydrogens (tertiary/aromatic N) is 2. The third kappa shape index (κ3) is 3.97. The van der Waals surface area contributed by atoms with Gasteiger partial charge in [0, 0.05) is 31.4 Å². The molecule has 1 aliphatic rings. The van der Waals surface area contributed by atoms with Crippen LogP contribution in [-0.2, 0) is 4.79 Å². The summed E-state index contributed by atoms with van der Waals surface area (Å²) in [6, 6.07) is 1.75. The lowest BCUT2D eigenvalue weighted by molar-refractivity contribution is -0.133. The normalized spacial score (nSPS) is 18.6. The van der Waals surface area contributed by atoms with Crippen LogP contribution < -0.4 is 4.74 Å². The van der Waals surface area contributed by atoms with Gasteiger partial charge < -0.3 is 9.64 Å². The fraction of sp³-hybridized carbons (Fsp3) is 0.467. The van der Waals surface area contributed by atoms with Gasteiger partial charge in [-0.1, -0.05) is 17.7 Å². The highest BCUT2D eigenvalue weighted by molar-refractivity contribution is 6.31. The maximum atomic E-state index is 12.0. The SMILES string of the molecule is C=CCCC(=O)N1CCCC(Oc2ccncc2Cl)C1. The molecule has 1 fully saturated rings. The molecule has 2 heterocycles. The van der Waals surface area contributed by atoms with Crippen molar-refractivity contribution >= 4 is 17.5 Å². The van der Waals surface area contributed by atoms with Crippen molar-refractivity contribution in [3.63, 3.8) is 0 Å². The number of pyridine rings is 1. The predicted octanol–water partition coefficient (Wildman–Crippen LogP) is 3.07. The van der Waals surface area contributed by atoms with Crippen LogP contribution in [0.15, 0.2) is 31.1 Å². The molecule has 1 amide bonds. The number of carbonyl (C=O) groups excluding carboxylic acids is 1. The Balaban J connectivity index is 1.92. The van der Waals surface area contributed by atoms with E-state index in [9.17, 15) is 4.79 Å².